The number of aliphatic hydroxyl groups is 1. The molecule has 5 heteroatoms. The molecule has 3 N–H and O–H groups in total. The van der Waals surface area contributed by atoms with E-state index in [1.165, 1.54) is 0 Å². The molecular formula is C11H17NO4. The number of hydrogen-bond acceptors (Lipinski definition) is 5. The number of nitrogens with two attached hydrogens (primary N) is 1. The summed E-state index contributed by atoms with van der Waals surface area (Å²) in [6.07, 6.45) is -0.444. The molecule has 16 heavy (non-hydrogen) atoms. The van der Waals surface area contributed by atoms with E-state index in [0.717, 1.165) is 12.2 Å². The van der Waals surface area contributed by atoms with E-state index in [2.05, 4.69) is 0 Å². The molecule has 2 atom stereocenters. The SMILES string of the molecule is CCOC(=O)C(N)C(O)c1ccc(CC)o1. The van der Waals surface area contributed by atoms with Gasteiger partial charge in [0.2, 0.25) is 0 Å². The zero-order valence-electron chi connectivity index (χ0n) is 9.47. The first-order valence-corrected chi connectivity index (χ1v) is 5.29. The van der Waals surface area contributed by atoms with Gasteiger partial charge in [-0.2, -0.15) is 0 Å². The Kier molecular flexibility index (Phi) is 4.52. The van der Waals surface area contributed by atoms with Gasteiger partial charge in [0.15, 0.2) is 0 Å². The molecule has 1 heterocycles. The van der Waals surface area contributed by atoms with Gasteiger partial charge in [0, 0.05) is 6.42 Å². The number of aliphatic hydroxyl groups excluding tert-OH is 1. The third-order valence-corrected chi connectivity index (χ3v) is 2.22. The largest absolute Gasteiger partial charge is 0.465 e. The van der Waals surface area contributed by atoms with Crippen molar-refractivity contribution >= 4 is 5.97 Å². The maximum atomic E-state index is 11.3. The van der Waals surface area contributed by atoms with Crippen molar-refractivity contribution in [3.63, 3.8) is 0 Å². The molecule has 90 valence electrons. The average Bonchev–Trinajstić information content (AvgIpc) is 2.75. The van der Waals surface area contributed by atoms with Crippen molar-refractivity contribution in [1.29, 1.82) is 0 Å². The molecule has 2 unspecified atom stereocenters. The molecule has 1 aromatic heterocycles. The number of furan rings is 1. The quantitative estimate of drug-likeness (QED) is 0.725. The highest BCUT2D eigenvalue weighted by Crippen LogP contribution is 2.19. The maximum Gasteiger partial charge on any atom is 0.326 e. The minimum atomic E-state index is -1.17. The zero-order valence-corrected chi connectivity index (χ0v) is 9.47. The predicted molar refractivity (Wildman–Crippen MR) is 57.7 cm³/mol. The summed E-state index contributed by atoms with van der Waals surface area (Å²) in [7, 11) is 0. The van der Waals surface area contributed by atoms with Crippen molar-refractivity contribution in [2.45, 2.75) is 32.4 Å². The summed E-state index contributed by atoms with van der Waals surface area (Å²) in [4.78, 5) is 11.3. The second kappa shape index (κ2) is 5.67. The number of hydrogen-bond donors (Lipinski definition) is 2. The fourth-order valence-corrected chi connectivity index (χ4v) is 1.29. The van der Waals surface area contributed by atoms with Crippen LogP contribution >= 0.6 is 0 Å². The highest BCUT2D eigenvalue weighted by molar-refractivity contribution is 5.76. The van der Waals surface area contributed by atoms with Gasteiger partial charge in [-0.25, -0.2) is 0 Å². The molecular weight excluding hydrogens is 210 g/mol. The highest BCUT2D eigenvalue weighted by Gasteiger charge is 2.27. The molecule has 0 aliphatic carbocycles. The van der Waals surface area contributed by atoms with Crippen molar-refractivity contribution in [2.75, 3.05) is 6.61 Å². The molecule has 0 radical (unpaired) electrons. The molecule has 0 aliphatic rings. The smallest absolute Gasteiger partial charge is 0.326 e. The molecule has 1 rings (SSSR count). The molecule has 0 saturated heterocycles. The minimum Gasteiger partial charge on any atom is -0.465 e. The summed E-state index contributed by atoms with van der Waals surface area (Å²) in [5.41, 5.74) is 5.55. The van der Waals surface area contributed by atoms with Crippen LogP contribution in [0.25, 0.3) is 0 Å². The predicted octanol–water partition coefficient (Wildman–Crippen LogP) is 0.766. The second-order valence-corrected chi connectivity index (χ2v) is 3.38. The number of aryl methyl sites for hydroxylation is 1. The Bertz CT molecular complexity index is 348. The lowest BCUT2D eigenvalue weighted by molar-refractivity contribution is -0.147. The van der Waals surface area contributed by atoms with Gasteiger partial charge in [-0.15, -0.1) is 0 Å². The van der Waals surface area contributed by atoms with Crippen LogP contribution in [0.5, 0.6) is 0 Å². The average molecular weight is 227 g/mol. The molecule has 0 bridgehead atoms. The zero-order chi connectivity index (χ0) is 12.1. The fraction of sp³-hybridized carbons (Fsp3) is 0.545. The monoisotopic (exact) mass is 227 g/mol. The van der Waals surface area contributed by atoms with Crippen LogP contribution in [-0.4, -0.2) is 23.7 Å². The van der Waals surface area contributed by atoms with Gasteiger partial charge in [-0.05, 0) is 19.1 Å². The Morgan fingerprint density at radius 3 is 2.75 bits per heavy atom. The summed E-state index contributed by atoms with van der Waals surface area (Å²) < 4.78 is 10.0. The van der Waals surface area contributed by atoms with Gasteiger partial charge in [0.25, 0.3) is 0 Å². The number of carbonyl (C=O) groups excluding carboxylic acids is 1. The highest BCUT2D eigenvalue weighted by atomic mass is 16.5. The van der Waals surface area contributed by atoms with Crippen LogP contribution in [-0.2, 0) is 16.0 Å². The lowest BCUT2D eigenvalue weighted by atomic mass is 10.1. The van der Waals surface area contributed by atoms with Crippen molar-refractivity contribution in [1.82, 2.24) is 0 Å². The first kappa shape index (κ1) is 12.7. The third kappa shape index (κ3) is 2.84. The van der Waals surface area contributed by atoms with Crippen LogP contribution < -0.4 is 5.73 Å². The Morgan fingerprint density at radius 1 is 1.56 bits per heavy atom. The maximum absolute atomic E-state index is 11.3. The second-order valence-electron chi connectivity index (χ2n) is 3.38. The lowest BCUT2D eigenvalue weighted by Crippen LogP contribution is -2.38. The van der Waals surface area contributed by atoms with Gasteiger partial charge in [0.05, 0.1) is 6.61 Å². The van der Waals surface area contributed by atoms with Crippen LogP contribution in [0.15, 0.2) is 16.5 Å². The van der Waals surface area contributed by atoms with Gasteiger partial charge in [0.1, 0.15) is 23.7 Å². The standard InChI is InChI=1S/C11H17NO4/c1-3-7-5-6-8(16-7)10(13)9(12)11(14)15-4-2/h5-6,9-10,13H,3-4,12H2,1-2H3. The molecule has 0 aromatic carbocycles. The van der Waals surface area contributed by atoms with E-state index < -0.39 is 18.1 Å². The van der Waals surface area contributed by atoms with Crippen LogP contribution in [0.2, 0.25) is 0 Å². The number of rotatable bonds is 5. The van der Waals surface area contributed by atoms with Gasteiger partial charge in [-0.1, -0.05) is 6.92 Å². The molecule has 5 nitrogen and oxygen atoms in total. The Balaban J connectivity index is 2.69. The first-order valence-electron chi connectivity index (χ1n) is 5.29. The summed E-state index contributed by atoms with van der Waals surface area (Å²) in [5, 5.41) is 9.78. The normalized spacial score (nSPS) is 14.5. The summed E-state index contributed by atoms with van der Waals surface area (Å²) in [5.74, 6) is 0.395. The van der Waals surface area contributed by atoms with E-state index in [4.69, 9.17) is 14.9 Å². The van der Waals surface area contributed by atoms with Crippen LogP contribution in [0.3, 0.4) is 0 Å². The Morgan fingerprint density at radius 2 is 2.25 bits per heavy atom. The summed E-state index contributed by atoms with van der Waals surface area (Å²) in [6, 6.07) is 2.25. The lowest BCUT2D eigenvalue weighted by Gasteiger charge is -2.15. The number of ether oxygens (including phenoxy) is 1. The van der Waals surface area contributed by atoms with Crippen LogP contribution in [0.4, 0.5) is 0 Å². The fourth-order valence-electron chi connectivity index (χ4n) is 1.29. The van der Waals surface area contributed by atoms with Gasteiger partial charge >= 0.3 is 5.97 Å². The number of esters is 1. The van der Waals surface area contributed by atoms with Crippen molar-refractivity contribution in [3.05, 3.63) is 23.7 Å². The van der Waals surface area contributed by atoms with E-state index >= 15 is 0 Å². The van der Waals surface area contributed by atoms with Gasteiger partial charge in [-0.3, -0.25) is 4.79 Å². The molecule has 0 amide bonds. The van der Waals surface area contributed by atoms with Crippen LogP contribution in [0, 0.1) is 0 Å². The van der Waals surface area contributed by atoms with Crippen molar-refractivity contribution < 1.29 is 19.1 Å². The first-order chi connectivity index (χ1) is 7.60. The van der Waals surface area contributed by atoms with Crippen molar-refractivity contribution in [2.24, 2.45) is 5.73 Å². The van der Waals surface area contributed by atoms with E-state index in [0.29, 0.717) is 0 Å². The molecule has 0 aliphatic heterocycles. The Hall–Kier alpha value is -1.33. The molecule has 0 fully saturated rings. The molecule has 1 aromatic rings. The van der Waals surface area contributed by atoms with E-state index in [1.807, 2.05) is 6.92 Å². The number of carbonyl (C=O) groups is 1. The van der Waals surface area contributed by atoms with E-state index in [9.17, 15) is 9.90 Å². The summed E-state index contributed by atoms with van der Waals surface area (Å²) >= 11 is 0. The topological polar surface area (TPSA) is 85.7 Å². The van der Waals surface area contributed by atoms with E-state index in [1.54, 1.807) is 19.1 Å². The molecule has 0 spiro atoms. The van der Waals surface area contributed by atoms with Crippen LogP contribution in [0.1, 0.15) is 31.5 Å². The van der Waals surface area contributed by atoms with Crippen molar-refractivity contribution in [3.8, 4) is 0 Å². The Labute approximate surface area is 94.2 Å². The van der Waals surface area contributed by atoms with Gasteiger partial charge < -0.3 is 20.0 Å². The summed E-state index contributed by atoms with van der Waals surface area (Å²) in [6.45, 7) is 3.84. The van der Waals surface area contributed by atoms with E-state index in [-0.39, 0.29) is 12.4 Å². The third-order valence-electron chi connectivity index (χ3n) is 2.22. The minimum absolute atomic E-state index is 0.234. The molecule has 0 saturated carbocycles.